The number of ether oxygens (including phenoxy) is 1. The number of anilines is 1. The van der Waals surface area contributed by atoms with Crippen LogP contribution in [0.5, 0.6) is 5.75 Å². The third kappa shape index (κ3) is 7.70. The van der Waals surface area contributed by atoms with Gasteiger partial charge in [-0.1, -0.05) is 30.9 Å². The molecule has 1 aliphatic rings. The fraction of sp³-hybridized carbons (Fsp3) is 0.391. The Kier molecular flexibility index (Phi) is 10.6. The van der Waals surface area contributed by atoms with Crippen LogP contribution in [0.3, 0.4) is 0 Å². The molecule has 7 nitrogen and oxygen atoms in total. The van der Waals surface area contributed by atoms with Gasteiger partial charge in [-0.05, 0) is 30.8 Å². The van der Waals surface area contributed by atoms with Gasteiger partial charge in [0.15, 0.2) is 5.96 Å². The van der Waals surface area contributed by atoms with Crippen LogP contribution < -0.4 is 20.3 Å². The van der Waals surface area contributed by atoms with Crippen molar-refractivity contribution in [2.45, 2.75) is 13.1 Å². The average molecular weight is 536 g/mol. The first kappa shape index (κ1) is 24.9. The largest absolute Gasteiger partial charge is 0.489 e. The van der Waals surface area contributed by atoms with Gasteiger partial charge in [-0.3, -0.25) is 4.99 Å². The number of nitrogens with zero attached hydrogens (tertiary/aromatic N) is 4. The number of aromatic nitrogens is 1. The van der Waals surface area contributed by atoms with Gasteiger partial charge in [0.2, 0.25) is 0 Å². The van der Waals surface area contributed by atoms with Gasteiger partial charge in [0, 0.05) is 58.1 Å². The van der Waals surface area contributed by atoms with E-state index in [2.05, 4.69) is 50.1 Å². The molecule has 0 saturated carbocycles. The predicted molar refractivity (Wildman–Crippen MR) is 139 cm³/mol. The molecule has 1 aromatic carbocycles. The number of pyridine rings is 1. The fourth-order valence-electron chi connectivity index (χ4n) is 3.30. The summed E-state index contributed by atoms with van der Waals surface area (Å²) in [6.07, 6.45) is 3.63. The Morgan fingerprint density at radius 1 is 1.16 bits per heavy atom. The number of rotatable bonds is 8. The molecule has 8 heteroatoms. The average Bonchev–Trinajstić information content (AvgIpc) is 2.79. The highest BCUT2D eigenvalue weighted by atomic mass is 127. The van der Waals surface area contributed by atoms with Crippen molar-refractivity contribution in [3.8, 4) is 5.75 Å². The second-order valence-corrected chi connectivity index (χ2v) is 7.30. The van der Waals surface area contributed by atoms with E-state index in [0.717, 1.165) is 49.3 Å². The van der Waals surface area contributed by atoms with Crippen LogP contribution in [0.1, 0.15) is 11.1 Å². The molecule has 0 amide bonds. The number of benzene rings is 1. The van der Waals surface area contributed by atoms with Crippen LogP contribution in [-0.4, -0.2) is 62.7 Å². The molecular weight excluding hydrogens is 503 g/mol. The Bertz CT molecular complexity index is 851. The standard InChI is InChI=1S/C23H32N6O.HI/c1-4-15-30-21-8-6-5-7-20(21)18-27-23(24-2)26-17-19-9-10-25-22(16-19)29-13-11-28(3)12-14-29;/h4-10,16H,1,11-15,17-18H2,2-3H3,(H2,24,26,27);1H. The maximum Gasteiger partial charge on any atom is 0.191 e. The highest BCUT2D eigenvalue weighted by Gasteiger charge is 2.15. The van der Waals surface area contributed by atoms with Crippen molar-refractivity contribution in [2.75, 3.05) is 51.8 Å². The van der Waals surface area contributed by atoms with E-state index in [4.69, 9.17) is 4.74 Å². The Morgan fingerprint density at radius 2 is 1.90 bits per heavy atom. The molecule has 0 aliphatic carbocycles. The third-order valence-electron chi connectivity index (χ3n) is 5.10. The summed E-state index contributed by atoms with van der Waals surface area (Å²) in [6, 6.07) is 12.2. The summed E-state index contributed by atoms with van der Waals surface area (Å²) in [5, 5.41) is 6.74. The summed E-state index contributed by atoms with van der Waals surface area (Å²) >= 11 is 0. The van der Waals surface area contributed by atoms with Gasteiger partial charge in [-0.25, -0.2) is 4.98 Å². The second-order valence-electron chi connectivity index (χ2n) is 7.30. The molecule has 1 aliphatic heterocycles. The molecule has 2 N–H and O–H groups in total. The Labute approximate surface area is 202 Å². The quantitative estimate of drug-likeness (QED) is 0.234. The van der Waals surface area contributed by atoms with Gasteiger partial charge in [0.1, 0.15) is 18.2 Å². The Morgan fingerprint density at radius 3 is 2.65 bits per heavy atom. The number of halogens is 1. The van der Waals surface area contributed by atoms with Crippen LogP contribution in [0.25, 0.3) is 0 Å². The van der Waals surface area contributed by atoms with Crippen LogP contribution in [-0.2, 0) is 13.1 Å². The second kappa shape index (κ2) is 13.2. The molecule has 3 rings (SSSR count). The van der Waals surface area contributed by atoms with Crippen molar-refractivity contribution in [1.82, 2.24) is 20.5 Å². The van der Waals surface area contributed by atoms with Crippen molar-refractivity contribution >= 4 is 35.8 Å². The van der Waals surface area contributed by atoms with Crippen LogP contribution in [0.15, 0.2) is 60.2 Å². The summed E-state index contributed by atoms with van der Waals surface area (Å²) in [6.45, 7) is 9.65. The Balaban J connectivity index is 0.00000341. The van der Waals surface area contributed by atoms with E-state index in [1.165, 1.54) is 5.56 Å². The summed E-state index contributed by atoms with van der Waals surface area (Å²) in [5.41, 5.74) is 2.25. The zero-order valence-corrected chi connectivity index (χ0v) is 20.7. The summed E-state index contributed by atoms with van der Waals surface area (Å²) in [7, 11) is 3.94. The SMILES string of the molecule is C=CCOc1ccccc1CNC(=NC)NCc1ccnc(N2CCN(C)CC2)c1.I. The van der Waals surface area contributed by atoms with Gasteiger partial charge in [-0.2, -0.15) is 0 Å². The van der Waals surface area contributed by atoms with Gasteiger partial charge in [0.25, 0.3) is 0 Å². The minimum atomic E-state index is 0. The van der Waals surface area contributed by atoms with E-state index in [9.17, 15) is 0 Å². The number of hydrogen-bond acceptors (Lipinski definition) is 5. The molecule has 0 radical (unpaired) electrons. The van der Waals surface area contributed by atoms with E-state index >= 15 is 0 Å². The lowest BCUT2D eigenvalue weighted by molar-refractivity contribution is 0.312. The topological polar surface area (TPSA) is 65.0 Å². The zero-order chi connectivity index (χ0) is 21.2. The molecule has 2 heterocycles. The van der Waals surface area contributed by atoms with Crippen molar-refractivity contribution < 1.29 is 4.74 Å². The highest BCUT2D eigenvalue weighted by Crippen LogP contribution is 2.18. The number of aliphatic imine (C=N–C) groups is 1. The van der Waals surface area contributed by atoms with Crippen molar-refractivity contribution in [2.24, 2.45) is 4.99 Å². The molecule has 1 saturated heterocycles. The molecule has 1 aromatic heterocycles. The van der Waals surface area contributed by atoms with Crippen LogP contribution in [0, 0.1) is 0 Å². The molecule has 0 bridgehead atoms. The molecule has 2 aromatic rings. The zero-order valence-electron chi connectivity index (χ0n) is 18.4. The molecule has 0 atom stereocenters. The highest BCUT2D eigenvalue weighted by molar-refractivity contribution is 14.0. The summed E-state index contributed by atoms with van der Waals surface area (Å²) < 4.78 is 5.73. The lowest BCUT2D eigenvalue weighted by Gasteiger charge is -2.33. The fourth-order valence-corrected chi connectivity index (χ4v) is 3.30. The van der Waals surface area contributed by atoms with Crippen LogP contribution in [0.4, 0.5) is 5.82 Å². The minimum Gasteiger partial charge on any atom is -0.489 e. The number of nitrogens with one attached hydrogen (secondary N) is 2. The normalized spacial score (nSPS) is 14.5. The number of hydrogen-bond donors (Lipinski definition) is 2. The third-order valence-corrected chi connectivity index (χ3v) is 5.10. The smallest absolute Gasteiger partial charge is 0.191 e. The van der Waals surface area contributed by atoms with Crippen molar-refractivity contribution in [3.63, 3.8) is 0 Å². The molecular formula is C23H33IN6O. The lowest BCUT2D eigenvalue weighted by Crippen LogP contribution is -2.44. The summed E-state index contributed by atoms with van der Waals surface area (Å²) in [4.78, 5) is 13.6. The van der Waals surface area contributed by atoms with E-state index in [1.54, 1.807) is 13.1 Å². The molecule has 1 fully saturated rings. The van der Waals surface area contributed by atoms with Gasteiger partial charge < -0.3 is 25.2 Å². The molecule has 0 unspecified atom stereocenters. The van der Waals surface area contributed by atoms with Crippen molar-refractivity contribution in [1.29, 1.82) is 0 Å². The predicted octanol–water partition coefficient (Wildman–Crippen LogP) is 2.88. The van der Waals surface area contributed by atoms with Gasteiger partial charge in [0.05, 0.1) is 0 Å². The molecule has 31 heavy (non-hydrogen) atoms. The van der Waals surface area contributed by atoms with Crippen molar-refractivity contribution in [3.05, 3.63) is 66.4 Å². The van der Waals surface area contributed by atoms with E-state index in [1.807, 2.05) is 36.5 Å². The number of guanidine groups is 1. The van der Waals surface area contributed by atoms with Crippen LogP contribution >= 0.6 is 24.0 Å². The number of para-hydroxylation sites is 1. The molecule has 0 spiro atoms. The number of piperazine rings is 1. The minimum absolute atomic E-state index is 0. The number of likely N-dealkylation sites (N-methyl/N-ethyl adjacent to an activating group) is 1. The maximum absolute atomic E-state index is 5.73. The van der Waals surface area contributed by atoms with Gasteiger partial charge >= 0.3 is 0 Å². The van der Waals surface area contributed by atoms with E-state index in [-0.39, 0.29) is 24.0 Å². The van der Waals surface area contributed by atoms with Gasteiger partial charge in [-0.15, -0.1) is 24.0 Å². The first-order valence-electron chi connectivity index (χ1n) is 10.3. The first-order chi connectivity index (χ1) is 14.7. The van der Waals surface area contributed by atoms with Crippen LogP contribution in [0.2, 0.25) is 0 Å². The Hall–Kier alpha value is -2.33. The maximum atomic E-state index is 5.73. The van der Waals surface area contributed by atoms with E-state index < -0.39 is 0 Å². The van der Waals surface area contributed by atoms with E-state index in [0.29, 0.717) is 19.7 Å². The molecule has 168 valence electrons. The monoisotopic (exact) mass is 536 g/mol. The summed E-state index contributed by atoms with van der Waals surface area (Å²) in [5.74, 6) is 2.64. The first-order valence-corrected chi connectivity index (χ1v) is 10.3. The lowest BCUT2D eigenvalue weighted by atomic mass is 10.2.